The van der Waals surface area contributed by atoms with Crippen LogP contribution in [0.25, 0.3) is 0 Å². The molecule has 0 spiro atoms. The average molecular weight is 234 g/mol. The molecule has 0 aliphatic heterocycles. The van der Waals surface area contributed by atoms with Crippen molar-refractivity contribution in [2.75, 3.05) is 0 Å². The number of rotatable bonds is 0. The van der Waals surface area contributed by atoms with Gasteiger partial charge in [0.1, 0.15) is 0 Å². The zero-order chi connectivity index (χ0) is 6.85. The molecule has 0 bridgehead atoms. The first-order chi connectivity index (χ1) is 4.20. The van der Waals surface area contributed by atoms with Crippen molar-refractivity contribution in [2.45, 2.75) is 24.2 Å². The molecule has 0 amide bonds. The van der Waals surface area contributed by atoms with E-state index >= 15 is 0 Å². The summed E-state index contributed by atoms with van der Waals surface area (Å²) in [6.07, 6.45) is 5.78. The summed E-state index contributed by atoms with van der Waals surface area (Å²) in [7, 11) is 0. The standard InChI is InChI=1S/C8H11I/c1-6-3-4-8(9)7(2)5-6/h3,5,8H,4H2,1-2H3. The Bertz CT molecular complexity index is 165. The molecule has 0 fully saturated rings. The van der Waals surface area contributed by atoms with E-state index in [1.807, 2.05) is 0 Å². The number of hydrogen-bond donors (Lipinski definition) is 0. The summed E-state index contributed by atoms with van der Waals surface area (Å²) in [5.41, 5.74) is 2.93. The van der Waals surface area contributed by atoms with Crippen LogP contribution in [0.3, 0.4) is 0 Å². The van der Waals surface area contributed by atoms with Crippen molar-refractivity contribution in [1.29, 1.82) is 0 Å². The third-order valence-corrected chi connectivity index (χ3v) is 3.09. The van der Waals surface area contributed by atoms with Gasteiger partial charge < -0.3 is 0 Å². The second kappa shape index (κ2) is 2.86. The van der Waals surface area contributed by atoms with E-state index in [-0.39, 0.29) is 0 Å². The zero-order valence-electron chi connectivity index (χ0n) is 5.82. The van der Waals surface area contributed by atoms with Crippen molar-refractivity contribution in [3.63, 3.8) is 0 Å². The molecule has 50 valence electrons. The molecule has 0 aromatic carbocycles. The quantitative estimate of drug-likeness (QED) is 0.446. The second-order valence-corrected chi connectivity index (χ2v) is 4.04. The Hall–Kier alpha value is 0.210. The van der Waals surface area contributed by atoms with Gasteiger partial charge in [0.2, 0.25) is 0 Å². The fourth-order valence-corrected chi connectivity index (χ4v) is 1.42. The van der Waals surface area contributed by atoms with Gasteiger partial charge in [-0.25, -0.2) is 0 Å². The SMILES string of the molecule is CC1=CCC(I)C(C)=C1. The lowest BCUT2D eigenvalue weighted by Crippen LogP contribution is -2.01. The first kappa shape index (κ1) is 7.32. The Balaban J connectivity index is 2.74. The summed E-state index contributed by atoms with van der Waals surface area (Å²) in [5.74, 6) is 0. The molecular weight excluding hydrogens is 223 g/mol. The van der Waals surface area contributed by atoms with Crippen LogP contribution in [0.1, 0.15) is 20.3 Å². The Morgan fingerprint density at radius 2 is 2.22 bits per heavy atom. The minimum absolute atomic E-state index is 0.742. The number of halogens is 1. The van der Waals surface area contributed by atoms with Crippen molar-refractivity contribution < 1.29 is 0 Å². The molecule has 0 aromatic rings. The van der Waals surface area contributed by atoms with Crippen LogP contribution in [0.15, 0.2) is 23.3 Å². The van der Waals surface area contributed by atoms with Crippen molar-refractivity contribution in [3.05, 3.63) is 23.3 Å². The fraction of sp³-hybridized carbons (Fsp3) is 0.500. The molecule has 0 radical (unpaired) electrons. The van der Waals surface area contributed by atoms with Crippen molar-refractivity contribution >= 4 is 22.6 Å². The van der Waals surface area contributed by atoms with E-state index in [0.29, 0.717) is 0 Å². The summed E-state index contributed by atoms with van der Waals surface area (Å²) in [4.78, 5) is 0. The molecular formula is C8H11I. The van der Waals surface area contributed by atoms with Crippen LogP contribution in [0.4, 0.5) is 0 Å². The summed E-state index contributed by atoms with van der Waals surface area (Å²) >= 11 is 2.48. The van der Waals surface area contributed by atoms with E-state index < -0.39 is 0 Å². The average Bonchev–Trinajstić information content (AvgIpc) is 1.80. The lowest BCUT2D eigenvalue weighted by molar-refractivity contribution is 0.996. The molecule has 1 aliphatic carbocycles. The summed E-state index contributed by atoms with van der Waals surface area (Å²) in [6, 6.07) is 0. The molecule has 0 aromatic heterocycles. The van der Waals surface area contributed by atoms with Crippen LogP contribution >= 0.6 is 22.6 Å². The van der Waals surface area contributed by atoms with E-state index in [4.69, 9.17) is 0 Å². The molecule has 1 unspecified atom stereocenters. The predicted molar refractivity (Wildman–Crippen MR) is 49.9 cm³/mol. The molecule has 1 atom stereocenters. The number of hydrogen-bond acceptors (Lipinski definition) is 0. The topological polar surface area (TPSA) is 0 Å². The van der Waals surface area contributed by atoms with E-state index in [9.17, 15) is 0 Å². The van der Waals surface area contributed by atoms with E-state index in [2.05, 4.69) is 48.6 Å². The van der Waals surface area contributed by atoms with E-state index in [0.717, 1.165) is 3.92 Å². The molecule has 9 heavy (non-hydrogen) atoms. The lowest BCUT2D eigenvalue weighted by atomic mass is 10.0. The van der Waals surface area contributed by atoms with Gasteiger partial charge in [0.15, 0.2) is 0 Å². The van der Waals surface area contributed by atoms with Crippen LogP contribution in [-0.2, 0) is 0 Å². The Labute approximate surface area is 70.2 Å². The normalized spacial score (nSPS) is 27.2. The van der Waals surface area contributed by atoms with Crippen LogP contribution in [0.2, 0.25) is 0 Å². The highest BCUT2D eigenvalue weighted by atomic mass is 127. The summed E-state index contributed by atoms with van der Waals surface area (Å²) in [5, 5.41) is 0. The Kier molecular flexibility index (Phi) is 2.33. The zero-order valence-corrected chi connectivity index (χ0v) is 7.97. The highest BCUT2D eigenvalue weighted by molar-refractivity contribution is 14.1. The first-order valence-electron chi connectivity index (χ1n) is 3.19. The van der Waals surface area contributed by atoms with E-state index in [1.165, 1.54) is 17.6 Å². The monoisotopic (exact) mass is 234 g/mol. The van der Waals surface area contributed by atoms with E-state index in [1.54, 1.807) is 0 Å². The maximum Gasteiger partial charge on any atom is 0.0353 e. The largest absolute Gasteiger partial charge is 0.0802 e. The van der Waals surface area contributed by atoms with Crippen LogP contribution < -0.4 is 0 Å². The third-order valence-electron chi connectivity index (χ3n) is 1.60. The van der Waals surface area contributed by atoms with Gasteiger partial charge in [-0.15, -0.1) is 0 Å². The minimum Gasteiger partial charge on any atom is -0.0802 e. The maximum absolute atomic E-state index is 2.48. The van der Waals surface area contributed by atoms with Crippen molar-refractivity contribution in [1.82, 2.24) is 0 Å². The molecule has 0 N–H and O–H groups in total. The summed E-state index contributed by atoms with van der Waals surface area (Å²) in [6.45, 7) is 4.36. The van der Waals surface area contributed by atoms with Gasteiger partial charge in [-0.3, -0.25) is 0 Å². The highest BCUT2D eigenvalue weighted by Gasteiger charge is 2.07. The van der Waals surface area contributed by atoms with Crippen molar-refractivity contribution in [3.8, 4) is 0 Å². The summed E-state index contributed by atoms with van der Waals surface area (Å²) < 4.78 is 0.742. The van der Waals surface area contributed by atoms with Gasteiger partial charge in [-0.1, -0.05) is 45.9 Å². The number of allylic oxidation sites excluding steroid dienone is 4. The number of alkyl halides is 1. The minimum atomic E-state index is 0.742. The Morgan fingerprint density at radius 1 is 1.56 bits per heavy atom. The smallest absolute Gasteiger partial charge is 0.0353 e. The fourth-order valence-electron chi connectivity index (χ4n) is 0.984. The molecule has 0 heterocycles. The molecule has 0 nitrogen and oxygen atoms in total. The molecule has 1 aliphatic rings. The van der Waals surface area contributed by atoms with Gasteiger partial charge >= 0.3 is 0 Å². The third kappa shape index (κ3) is 1.81. The van der Waals surface area contributed by atoms with Gasteiger partial charge in [0.25, 0.3) is 0 Å². The molecule has 1 rings (SSSR count). The van der Waals surface area contributed by atoms with Gasteiger partial charge in [0.05, 0.1) is 0 Å². The van der Waals surface area contributed by atoms with Crippen LogP contribution in [0.5, 0.6) is 0 Å². The van der Waals surface area contributed by atoms with Gasteiger partial charge in [0, 0.05) is 3.92 Å². The first-order valence-corrected chi connectivity index (χ1v) is 4.44. The lowest BCUT2D eigenvalue weighted by Gasteiger charge is -2.12. The predicted octanol–water partition coefficient (Wildman–Crippen LogP) is 3.09. The molecule has 0 saturated heterocycles. The Morgan fingerprint density at radius 3 is 2.67 bits per heavy atom. The molecule has 1 heteroatoms. The van der Waals surface area contributed by atoms with Gasteiger partial charge in [-0.2, -0.15) is 0 Å². The van der Waals surface area contributed by atoms with Gasteiger partial charge in [-0.05, 0) is 20.3 Å². The maximum atomic E-state index is 2.48. The second-order valence-electron chi connectivity index (χ2n) is 2.54. The van der Waals surface area contributed by atoms with Crippen LogP contribution in [-0.4, -0.2) is 3.92 Å². The van der Waals surface area contributed by atoms with Crippen LogP contribution in [0, 0.1) is 0 Å². The highest BCUT2D eigenvalue weighted by Crippen LogP contribution is 2.23. The van der Waals surface area contributed by atoms with Crippen molar-refractivity contribution in [2.24, 2.45) is 0 Å². The molecule has 0 saturated carbocycles.